The Labute approximate surface area is 192 Å². The number of benzene rings is 3. The highest BCUT2D eigenvalue weighted by atomic mass is 19.1. The van der Waals surface area contributed by atoms with Crippen molar-refractivity contribution < 1.29 is 9.50 Å². The molecule has 0 aliphatic rings. The van der Waals surface area contributed by atoms with Gasteiger partial charge in [-0.3, -0.25) is 0 Å². The topological polar surface area (TPSA) is 43.0 Å². The lowest BCUT2D eigenvalue weighted by Gasteiger charge is -2.33. The molecule has 33 heavy (non-hydrogen) atoms. The van der Waals surface area contributed by atoms with Gasteiger partial charge in [-0.15, -0.1) is 6.58 Å². The van der Waals surface area contributed by atoms with Crippen molar-refractivity contribution >= 4 is 21.8 Å². The molecule has 5 heteroatoms. The molecule has 0 fully saturated rings. The van der Waals surface area contributed by atoms with Crippen LogP contribution in [-0.2, 0) is 12.1 Å². The van der Waals surface area contributed by atoms with Crippen LogP contribution in [-0.4, -0.2) is 19.5 Å². The SMILES string of the molecule is C=CCn1cc(C(O)(c2ccc3c(cnn3-c3ccc(F)cc3)c2)C(C)C)c2ccccc21. The van der Waals surface area contributed by atoms with Crippen molar-refractivity contribution in [3.8, 4) is 5.69 Å². The minimum absolute atomic E-state index is 0.0786. The van der Waals surface area contributed by atoms with Gasteiger partial charge in [-0.2, -0.15) is 5.10 Å². The minimum Gasteiger partial charge on any atom is -0.380 e. The minimum atomic E-state index is -1.20. The average molecular weight is 440 g/mol. The Hall–Kier alpha value is -3.70. The Bertz CT molecular complexity index is 1460. The summed E-state index contributed by atoms with van der Waals surface area (Å²) in [6.07, 6.45) is 5.68. The standard InChI is InChI=1S/C28H26FN3O/c1-4-15-31-18-25(24-7-5-6-8-27(24)31)28(33,19(2)3)21-9-14-26-20(16-21)17-30-32(26)23-12-10-22(29)11-13-23/h4-14,16-19,33H,1,15H2,2-3H3. The first-order valence-corrected chi connectivity index (χ1v) is 11.1. The number of allylic oxidation sites excluding steroid dienone is 1. The summed E-state index contributed by atoms with van der Waals surface area (Å²) in [6, 6.07) is 20.3. The first-order valence-electron chi connectivity index (χ1n) is 11.1. The lowest BCUT2D eigenvalue weighted by Crippen LogP contribution is -2.33. The summed E-state index contributed by atoms with van der Waals surface area (Å²) in [5.74, 6) is -0.361. The van der Waals surface area contributed by atoms with Crippen molar-refractivity contribution in [2.75, 3.05) is 0 Å². The molecule has 0 spiro atoms. The van der Waals surface area contributed by atoms with Crippen LogP contribution in [0, 0.1) is 11.7 Å². The second-order valence-corrected chi connectivity index (χ2v) is 8.73. The number of nitrogens with zero attached hydrogens (tertiary/aromatic N) is 3. The number of fused-ring (bicyclic) bond motifs is 2. The van der Waals surface area contributed by atoms with Crippen LogP contribution in [0.1, 0.15) is 25.0 Å². The first-order chi connectivity index (χ1) is 15.9. The Morgan fingerprint density at radius 2 is 1.82 bits per heavy atom. The quantitative estimate of drug-likeness (QED) is 0.320. The maximum atomic E-state index is 13.4. The van der Waals surface area contributed by atoms with Gasteiger partial charge in [-0.05, 0) is 53.9 Å². The molecule has 166 valence electrons. The van der Waals surface area contributed by atoms with Gasteiger partial charge >= 0.3 is 0 Å². The summed E-state index contributed by atoms with van der Waals surface area (Å²) in [4.78, 5) is 0. The molecule has 0 saturated carbocycles. The third-order valence-corrected chi connectivity index (χ3v) is 6.44. The molecular formula is C28H26FN3O. The maximum absolute atomic E-state index is 13.4. The highest BCUT2D eigenvalue weighted by molar-refractivity contribution is 5.86. The van der Waals surface area contributed by atoms with E-state index in [4.69, 9.17) is 0 Å². The van der Waals surface area contributed by atoms with Gasteiger partial charge in [0.05, 0.1) is 17.4 Å². The summed E-state index contributed by atoms with van der Waals surface area (Å²) < 4.78 is 17.3. The van der Waals surface area contributed by atoms with E-state index in [1.54, 1.807) is 23.0 Å². The van der Waals surface area contributed by atoms with Crippen LogP contribution in [0.25, 0.3) is 27.5 Å². The molecule has 2 heterocycles. The van der Waals surface area contributed by atoms with Gasteiger partial charge in [0, 0.05) is 34.6 Å². The molecule has 0 amide bonds. The van der Waals surface area contributed by atoms with Crippen molar-refractivity contribution in [2.45, 2.75) is 26.0 Å². The van der Waals surface area contributed by atoms with E-state index in [0.717, 1.165) is 38.6 Å². The Morgan fingerprint density at radius 1 is 1.06 bits per heavy atom. The summed E-state index contributed by atoms with van der Waals surface area (Å²) >= 11 is 0. The number of aliphatic hydroxyl groups is 1. The molecule has 2 aromatic heterocycles. The van der Waals surface area contributed by atoms with E-state index in [-0.39, 0.29) is 11.7 Å². The van der Waals surface area contributed by atoms with E-state index in [9.17, 15) is 9.50 Å². The van der Waals surface area contributed by atoms with Crippen molar-refractivity contribution in [3.05, 3.63) is 109 Å². The van der Waals surface area contributed by atoms with Crippen molar-refractivity contribution in [3.63, 3.8) is 0 Å². The molecular weight excluding hydrogens is 413 g/mol. The largest absolute Gasteiger partial charge is 0.380 e. The molecule has 5 aromatic rings. The van der Waals surface area contributed by atoms with Crippen LogP contribution in [0.5, 0.6) is 0 Å². The number of aromatic nitrogens is 3. The van der Waals surface area contributed by atoms with Crippen LogP contribution < -0.4 is 0 Å². The van der Waals surface area contributed by atoms with Gasteiger partial charge in [-0.25, -0.2) is 9.07 Å². The van der Waals surface area contributed by atoms with E-state index < -0.39 is 5.60 Å². The van der Waals surface area contributed by atoms with Crippen LogP contribution >= 0.6 is 0 Å². The Morgan fingerprint density at radius 3 is 2.55 bits per heavy atom. The van der Waals surface area contributed by atoms with Gasteiger partial charge in [0.2, 0.25) is 0 Å². The normalized spacial score (nSPS) is 13.6. The first kappa shape index (κ1) is 21.2. The van der Waals surface area contributed by atoms with Gasteiger partial charge in [0.1, 0.15) is 11.4 Å². The summed E-state index contributed by atoms with van der Waals surface area (Å²) in [7, 11) is 0. The molecule has 1 atom stereocenters. The molecule has 0 aliphatic heterocycles. The number of halogens is 1. The molecule has 0 aliphatic carbocycles. The van der Waals surface area contributed by atoms with Crippen molar-refractivity contribution in [1.29, 1.82) is 0 Å². The van der Waals surface area contributed by atoms with Gasteiger partial charge < -0.3 is 9.67 Å². The number of rotatable bonds is 6. The zero-order valence-corrected chi connectivity index (χ0v) is 18.7. The Balaban J connectivity index is 1.67. The van der Waals surface area contributed by atoms with Crippen LogP contribution in [0.4, 0.5) is 4.39 Å². The number of hydrogen-bond acceptors (Lipinski definition) is 2. The predicted molar refractivity (Wildman–Crippen MR) is 131 cm³/mol. The average Bonchev–Trinajstić information content (AvgIpc) is 3.41. The molecule has 1 N–H and O–H groups in total. The van der Waals surface area contributed by atoms with Gasteiger partial charge in [-0.1, -0.05) is 44.2 Å². The fraction of sp³-hybridized carbons (Fsp3) is 0.179. The van der Waals surface area contributed by atoms with Crippen LogP contribution in [0.3, 0.4) is 0 Å². The smallest absolute Gasteiger partial charge is 0.123 e. The molecule has 0 bridgehead atoms. The summed E-state index contributed by atoms with van der Waals surface area (Å²) in [6.45, 7) is 8.61. The zero-order valence-electron chi connectivity index (χ0n) is 18.7. The summed E-state index contributed by atoms with van der Waals surface area (Å²) in [5, 5.41) is 18.7. The second-order valence-electron chi connectivity index (χ2n) is 8.73. The highest BCUT2D eigenvalue weighted by Crippen LogP contribution is 2.42. The zero-order chi connectivity index (χ0) is 23.2. The summed E-state index contributed by atoms with van der Waals surface area (Å²) in [5.41, 5.74) is 3.23. The van der Waals surface area contributed by atoms with E-state index >= 15 is 0 Å². The molecule has 4 nitrogen and oxygen atoms in total. The van der Waals surface area contributed by atoms with Gasteiger partial charge in [0.15, 0.2) is 0 Å². The van der Waals surface area contributed by atoms with Crippen molar-refractivity contribution in [1.82, 2.24) is 14.3 Å². The predicted octanol–water partition coefficient (Wildman–Crippen LogP) is 6.20. The monoisotopic (exact) mass is 439 g/mol. The fourth-order valence-electron chi connectivity index (χ4n) is 4.70. The van der Waals surface area contributed by atoms with E-state index in [1.807, 2.05) is 56.5 Å². The van der Waals surface area contributed by atoms with E-state index in [2.05, 4.69) is 28.4 Å². The fourth-order valence-corrected chi connectivity index (χ4v) is 4.70. The molecule has 3 aromatic carbocycles. The number of para-hydroxylation sites is 1. The van der Waals surface area contributed by atoms with Gasteiger partial charge in [0.25, 0.3) is 0 Å². The van der Waals surface area contributed by atoms with Crippen LogP contribution in [0.15, 0.2) is 91.8 Å². The number of hydrogen-bond donors (Lipinski definition) is 1. The molecule has 0 radical (unpaired) electrons. The molecule has 1 unspecified atom stereocenters. The highest BCUT2D eigenvalue weighted by Gasteiger charge is 2.38. The Kier molecular flexibility index (Phi) is 5.14. The van der Waals surface area contributed by atoms with Crippen molar-refractivity contribution in [2.24, 2.45) is 5.92 Å². The van der Waals surface area contributed by atoms with E-state index in [0.29, 0.717) is 6.54 Å². The second kappa shape index (κ2) is 8.01. The van der Waals surface area contributed by atoms with E-state index in [1.165, 1.54) is 12.1 Å². The van der Waals surface area contributed by atoms with Crippen LogP contribution in [0.2, 0.25) is 0 Å². The maximum Gasteiger partial charge on any atom is 0.123 e. The molecule has 0 saturated heterocycles. The third kappa shape index (κ3) is 3.36. The molecule has 5 rings (SSSR count). The lowest BCUT2D eigenvalue weighted by molar-refractivity contribution is 0.0332. The third-order valence-electron chi connectivity index (χ3n) is 6.44. The lowest BCUT2D eigenvalue weighted by atomic mass is 9.77.